The van der Waals surface area contributed by atoms with Crippen molar-refractivity contribution in [3.8, 4) is 11.3 Å². The number of aromatic nitrogens is 1. The Kier molecular flexibility index (Phi) is 4.38. The first-order valence-electron chi connectivity index (χ1n) is 8.79. The van der Waals surface area contributed by atoms with Gasteiger partial charge in [-0.05, 0) is 30.5 Å². The highest BCUT2D eigenvalue weighted by Gasteiger charge is 2.26. The van der Waals surface area contributed by atoms with E-state index >= 15 is 0 Å². The SMILES string of the molecule is O=C(CN1CCC(CO)C1)c1c(-c2ccccc2)[nH]c2ccccc12. The number of aromatic amines is 1. The van der Waals surface area contributed by atoms with E-state index in [0.29, 0.717) is 12.5 Å². The molecule has 2 aromatic carbocycles. The molecule has 4 nitrogen and oxygen atoms in total. The van der Waals surface area contributed by atoms with Crippen LogP contribution < -0.4 is 0 Å². The Morgan fingerprint density at radius 2 is 1.88 bits per heavy atom. The summed E-state index contributed by atoms with van der Waals surface area (Å²) in [7, 11) is 0. The molecule has 4 heteroatoms. The van der Waals surface area contributed by atoms with E-state index in [1.165, 1.54) is 0 Å². The van der Waals surface area contributed by atoms with E-state index in [1.54, 1.807) is 0 Å². The second-order valence-corrected chi connectivity index (χ2v) is 6.78. The van der Waals surface area contributed by atoms with Crippen LogP contribution >= 0.6 is 0 Å². The van der Waals surface area contributed by atoms with Crippen LogP contribution in [0.4, 0.5) is 0 Å². The van der Waals surface area contributed by atoms with Crippen LogP contribution in [0.15, 0.2) is 54.6 Å². The molecule has 1 aliphatic rings. The number of carbonyl (C=O) groups is 1. The first-order valence-corrected chi connectivity index (χ1v) is 8.79. The Morgan fingerprint density at radius 1 is 1.12 bits per heavy atom. The number of fused-ring (bicyclic) bond motifs is 1. The van der Waals surface area contributed by atoms with Crippen molar-refractivity contribution in [1.82, 2.24) is 9.88 Å². The first-order chi connectivity index (χ1) is 12.3. The molecule has 0 radical (unpaired) electrons. The predicted molar refractivity (Wildman–Crippen MR) is 99.7 cm³/mol. The molecule has 1 atom stereocenters. The number of hydrogen-bond donors (Lipinski definition) is 2. The van der Waals surface area contributed by atoms with E-state index in [4.69, 9.17) is 0 Å². The molecule has 0 aliphatic carbocycles. The lowest BCUT2D eigenvalue weighted by atomic mass is 10.0. The molecule has 3 aromatic rings. The van der Waals surface area contributed by atoms with Gasteiger partial charge in [-0.1, -0.05) is 48.5 Å². The number of nitrogens with one attached hydrogen (secondary N) is 1. The lowest BCUT2D eigenvalue weighted by molar-refractivity contribution is 0.0942. The van der Waals surface area contributed by atoms with Crippen LogP contribution in [0.3, 0.4) is 0 Å². The molecule has 1 aliphatic heterocycles. The number of benzene rings is 2. The van der Waals surface area contributed by atoms with E-state index in [9.17, 15) is 9.90 Å². The van der Waals surface area contributed by atoms with Crippen LogP contribution in [0.25, 0.3) is 22.2 Å². The zero-order valence-corrected chi connectivity index (χ0v) is 14.1. The van der Waals surface area contributed by atoms with Crippen LogP contribution in [0.1, 0.15) is 16.8 Å². The number of nitrogens with zero attached hydrogens (tertiary/aromatic N) is 1. The Labute approximate surface area is 147 Å². The van der Waals surface area contributed by atoms with E-state index in [-0.39, 0.29) is 12.4 Å². The van der Waals surface area contributed by atoms with Crippen LogP contribution in [-0.4, -0.2) is 47.0 Å². The number of aliphatic hydroxyl groups excluding tert-OH is 1. The summed E-state index contributed by atoms with van der Waals surface area (Å²) in [6.45, 7) is 2.27. The molecule has 1 aromatic heterocycles. The molecule has 1 saturated heterocycles. The number of para-hydroxylation sites is 1. The minimum atomic E-state index is 0.134. The highest BCUT2D eigenvalue weighted by molar-refractivity contribution is 6.14. The van der Waals surface area contributed by atoms with E-state index in [2.05, 4.69) is 9.88 Å². The van der Waals surface area contributed by atoms with Gasteiger partial charge >= 0.3 is 0 Å². The van der Waals surface area contributed by atoms with E-state index in [0.717, 1.165) is 47.2 Å². The van der Waals surface area contributed by atoms with Gasteiger partial charge in [0.15, 0.2) is 5.78 Å². The van der Waals surface area contributed by atoms with Crippen LogP contribution in [0.5, 0.6) is 0 Å². The number of carbonyl (C=O) groups excluding carboxylic acids is 1. The standard InChI is InChI=1S/C21H22N2O2/c24-14-15-10-11-23(12-15)13-19(25)20-17-8-4-5-9-18(17)22-21(20)16-6-2-1-3-7-16/h1-9,15,22,24H,10-14H2. The summed E-state index contributed by atoms with van der Waals surface area (Å²) in [5.41, 5.74) is 3.68. The maximum atomic E-state index is 13.1. The lowest BCUT2D eigenvalue weighted by Gasteiger charge is -2.15. The van der Waals surface area contributed by atoms with Gasteiger partial charge in [0.25, 0.3) is 0 Å². The molecule has 4 rings (SSSR count). The fraction of sp³-hybridized carbons (Fsp3) is 0.286. The number of ketones is 1. The average molecular weight is 334 g/mol. The summed E-state index contributed by atoms with van der Waals surface area (Å²) < 4.78 is 0. The number of likely N-dealkylation sites (tertiary alicyclic amines) is 1. The first kappa shape index (κ1) is 16.1. The van der Waals surface area contributed by atoms with Crippen molar-refractivity contribution in [2.45, 2.75) is 6.42 Å². The second-order valence-electron chi connectivity index (χ2n) is 6.78. The summed E-state index contributed by atoms with van der Waals surface area (Å²) in [6, 6.07) is 18.0. The zero-order valence-electron chi connectivity index (χ0n) is 14.1. The molecule has 1 unspecified atom stereocenters. The highest BCUT2D eigenvalue weighted by Crippen LogP contribution is 2.31. The summed E-state index contributed by atoms with van der Waals surface area (Å²) in [5, 5.41) is 10.3. The van der Waals surface area contributed by atoms with Crippen molar-refractivity contribution >= 4 is 16.7 Å². The number of H-pyrrole nitrogens is 1. The van der Waals surface area contributed by atoms with Crippen LogP contribution in [0.2, 0.25) is 0 Å². The van der Waals surface area contributed by atoms with Crippen molar-refractivity contribution < 1.29 is 9.90 Å². The molecular formula is C21H22N2O2. The van der Waals surface area contributed by atoms with Crippen molar-refractivity contribution in [3.63, 3.8) is 0 Å². The maximum Gasteiger partial charge on any atom is 0.179 e. The third-order valence-electron chi connectivity index (χ3n) is 5.04. The Morgan fingerprint density at radius 3 is 2.64 bits per heavy atom. The normalized spacial score (nSPS) is 18.0. The quantitative estimate of drug-likeness (QED) is 0.704. The number of rotatable bonds is 5. The van der Waals surface area contributed by atoms with Gasteiger partial charge in [0, 0.05) is 24.1 Å². The minimum absolute atomic E-state index is 0.134. The maximum absolute atomic E-state index is 13.1. The Balaban J connectivity index is 1.71. The van der Waals surface area contributed by atoms with Crippen LogP contribution in [0, 0.1) is 5.92 Å². The number of aliphatic hydroxyl groups is 1. The minimum Gasteiger partial charge on any atom is -0.396 e. The largest absolute Gasteiger partial charge is 0.396 e. The molecular weight excluding hydrogens is 312 g/mol. The van der Waals surface area contributed by atoms with Gasteiger partial charge in [0.05, 0.1) is 17.8 Å². The van der Waals surface area contributed by atoms with Gasteiger partial charge in [-0.25, -0.2) is 0 Å². The Hall–Kier alpha value is -2.43. The number of hydrogen-bond acceptors (Lipinski definition) is 3. The third kappa shape index (κ3) is 3.11. The van der Waals surface area contributed by atoms with Gasteiger partial charge in [-0.3, -0.25) is 9.69 Å². The molecule has 0 saturated carbocycles. The van der Waals surface area contributed by atoms with Crippen molar-refractivity contribution in [1.29, 1.82) is 0 Å². The number of Topliss-reactive ketones (excluding diaryl/α,β-unsaturated/α-hetero) is 1. The van der Waals surface area contributed by atoms with Gasteiger partial charge < -0.3 is 10.1 Å². The predicted octanol–water partition coefficient (Wildman–Crippen LogP) is 3.33. The van der Waals surface area contributed by atoms with Crippen molar-refractivity contribution in [2.24, 2.45) is 5.92 Å². The molecule has 0 spiro atoms. The molecule has 2 heterocycles. The summed E-state index contributed by atoms with van der Waals surface area (Å²) >= 11 is 0. The van der Waals surface area contributed by atoms with Crippen molar-refractivity contribution in [3.05, 3.63) is 60.2 Å². The fourth-order valence-corrected chi connectivity index (χ4v) is 3.74. The molecule has 128 valence electrons. The molecule has 1 fully saturated rings. The van der Waals surface area contributed by atoms with Gasteiger partial charge in [-0.2, -0.15) is 0 Å². The second kappa shape index (κ2) is 6.82. The lowest BCUT2D eigenvalue weighted by Crippen LogP contribution is -2.28. The molecule has 0 amide bonds. The van der Waals surface area contributed by atoms with E-state index in [1.807, 2.05) is 54.6 Å². The molecule has 25 heavy (non-hydrogen) atoms. The monoisotopic (exact) mass is 334 g/mol. The Bertz CT molecular complexity index is 885. The van der Waals surface area contributed by atoms with Gasteiger partial charge in [-0.15, -0.1) is 0 Å². The summed E-state index contributed by atoms with van der Waals surface area (Å²) in [5.74, 6) is 0.430. The molecule has 0 bridgehead atoms. The topological polar surface area (TPSA) is 56.3 Å². The van der Waals surface area contributed by atoms with E-state index < -0.39 is 0 Å². The van der Waals surface area contributed by atoms with Crippen LogP contribution in [-0.2, 0) is 0 Å². The highest BCUT2D eigenvalue weighted by atomic mass is 16.3. The summed E-state index contributed by atoms with van der Waals surface area (Å²) in [4.78, 5) is 18.7. The van der Waals surface area contributed by atoms with Gasteiger partial charge in [0.1, 0.15) is 0 Å². The van der Waals surface area contributed by atoms with Crippen molar-refractivity contribution in [2.75, 3.05) is 26.2 Å². The molecule has 2 N–H and O–H groups in total. The summed E-state index contributed by atoms with van der Waals surface area (Å²) in [6.07, 6.45) is 0.962. The smallest absolute Gasteiger partial charge is 0.179 e. The third-order valence-corrected chi connectivity index (χ3v) is 5.04. The average Bonchev–Trinajstić information content (AvgIpc) is 3.26. The fourth-order valence-electron chi connectivity index (χ4n) is 3.74. The van der Waals surface area contributed by atoms with Gasteiger partial charge in [0.2, 0.25) is 0 Å². The zero-order chi connectivity index (χ0) is 17.2.